The Morgan fingerprint density at radius 1 is 1.17 bits per heavy atom. The van der Waals surface area contributed by atoms with E-state index in [9.17, 15) is 14.7 Å². The Morgan fingerprint density at radius 3 is 2.76 bits per heavy atom. The average Bonchev–Trinajstić information content (AvgIpc) is 3.55. The summed E-state index contributed by atoms with van der Waals surface area (Å²) in [7, 11) is 0. The molecule has 5 atom stereocenters. The van der Waals surface area contributed by atoms with Crippen molar-refractivity contribution in [3.63, 3.8) is 0 Å². The molecule has 0 spiro atoms. The van der Waals surface area contributed by atoms with Crippen LogP contribution < -0.4 is 22.1 Å². The van der Waals surface area contributed by atoms with E-state index in [1.54, 1.807) is 0 Å². The Balaban J connectivity index is 1.50. The lowest BCUT2D eigenvalue weighted by Crippen LogP contribution is -2.48. The molecule has 0 saturated heterocycles. The lowest BCUT2D eigenvalue weighted by atomic mass is 9.72. The van der Waals surface area contributed by atoms with E-state index in [4.69, 9.17) is 11.5 Å². The summed E-state index contributed by atoms with van der Waals surface area (Å²) in [5.74, 6) is 0.509. The van der Waals surface area contributed by atoms with Crippen LogP contribution in [0.5, 0.6) is 0 Å². The zero-order chi connectivity index (χ0) is 32.5. The highest BCUT2D eigenvalue weighted by Gasteiger charge is 2.33. The van der Waals surface area contributed by atoms with Gasteiger partial charge in [-0.2, -0.15) is 0 Å². The van der Waals surface area contributed by atoms with Crippen molar-refractivity contribution < 1.29 is 14.7 Å². The molecule has 2 heterocycles. The fourth-order valence-corrected chi connectivity index (χ4v) is 7.09. The van der Waals surface area contributed by atoms with Crippen molar-refractivity contribution in [3.05, 3.63) is 83.1 Å². The number of hydrogen-bond donors (Lipinski definition) is 6. The van der Waals surface area contributed by atoms with Crippen LogP contribution in [0.15, 0.2) is 71.4 Å². The zero-order valence-electron chi connectivity index (χ0n) is 26.8. The summed E-state index contributed by atoms with van der Waals surface area (Å²) >= 11 is 0. The lowest BCUT2D eigenvalue weighted by Gasteiger charge is -2.36. The van der Waals surface area contributed by atoms with Gasteiger partial charge in [0, 0.05) is 31.3 Å². The molecule has 2 aromatic carbocycles. The van der Waals surface area contributed by atoms with Gasteiger partial charge in [-0.25, -0.2) is 4.79 Å². The number of aldehydes is 1. The monoisotopic (exact) mass is 624 g/mol. The van der Waals surface area contributed by atoms with Crippen molar-refractivity contribution in [1.29, 1.82) is 0 Å². The second-order valence-electron chi connectivity index (χ2n) is 12.7. The zero-order valence-corrected chi connectivity index (χ0v) is 26.8. The number of aliphatic imine (C=N–C) groups is 1. The first-order valence-electron chi connectivity index (χ1n) is 16.7. The number of nitrogens with two attached hydrogens (primary N) is 2. The van der Waals surface area contributed by atoms with E-state index in [0.717, 1.165) is 72.5 Å². The van der Waals surface area contributed by atoms with Crippen LogP contribution in [0, 0.1) is 5.92 Å². The number of carboxylic acids is 1. The van der Waals surface area contributed by atoms with Gasteiger partial charge in [-0.15, -0.1) is 0 Å². The molecule has 9 heteroatoms. The Bertz CT molecular complexity index is 1580. The SMILES string of the molecule is CCCCC(N)CCCC1c2cc3cc(CC=O)ccc3cc2C=CC1CC(Nc1ccc[nH]1)C(=CC(=O)O)C1CCN=C(N)N1. The van der Waals surface area contributed by atoms with Crippen LogP contribution in [0.25, 0.3) is 16.8 Å². The Labute approximate surface area is 271 Å². The van der Waals surface area contributed by atoms with Crippen LogP contribution >= 0.6 is 0 Å². The first-order chi connectivity index (χ1) is 22.3. The first kappa shape index (κ1) is 33.0. The number of aromatic nitrogens is 1. The third-order valence-corrected chi connectivity index (χ3v) is 9.44. The molecular weight excluding hydrogens is 576 g/mol. The number of carboxylic acid groups (broad SMARTS) is 1. The van der Waals surface area contributed by atoms with Crippen LogP contribution in [0.1, 0.15) is 80.9 Å². The minimum atomic E-state index is -0.990. The summed E-state index contributed by atoms with van der Waals surface area (Å²) in [6.45, 7) is 2.73. The number of benzene rings is 2. The molecule has 3 aromatic rings. The summed E-state index contributed by atoms with van der Waals surface area (Å²) in [5.41, 5.74) is 16.8. The predicted molar refractivity (Wildman–Crippen MR) is 187 cm³/mol. The van der Waals surface area contributed by atoms with E-state index >= 15 is 0 Å². The highest BCUT2D eigenvalue weighted by molar-refractivity contribution is 5.88. The maximum Gasteiger partial charge on any atom is 0.328 e. The van der Waals surface area contributed by atoms with Crippen LogP contribution in [0.3, 0.4) is 0 Å². The molecule has 5 rings (SSSR count). The number of H-pyrrole nitrogens is 1. The van der Waals surface area contributed by atoms with E-state index in [1.807, 2.05) is 24.4 Å². The molecule has 46 heavy (non-hydrogen) atoms. The Kier molecular flexibility index (Phi) is 11.3. The highest BCUT2D eigenvalue weighted by atomic mass is 16.4. The Morgan fingerprint density at radius 2 is 2.02 bits per heavy atom. The average molecular weight is 625 g/mol. The molecule has 1 aromatic heterocycles. The fourth-order valence-electron chi connectivity index (χ4n) is 7.09. The maximum absolute atomic E-state index is 12.2. The second-order valence-corrected chi connectivity index (χ2v) is 12.7. The molecule has 2 aliphatic rings. The van der Waals surface area contributed by atoms with Gasteiger partial charge in [0.05, 0.1) is 12.1 Å². The maximum atomic E-state index is 12.2. The number of carbonyl (C=O) groups excluding carboxylic acids is 1. The number of nitrogens with zero attached hydrogens (tertiary/aromatic N) is 1. The summed E-state index contributed by atoms with van der Waals surface area (Å²) in [4.78, 5) is 31.0. The number of unbranched alkanes of at least 4 members (excludes halogenated alkanes) is 1. The number of anilines is 1. The standard InChI is InChI=1S/C37H48N6O3/c1-2-3-6-29(38)7-4-8-30-27(13-12-26-20-25-11-10-24(15-18-44)19-28(25)21-31(26)30)22-34(42-35-9-5-16-40-35)32(23-36(45)46)33-14-17-41-37(39)43-33/h5,9-13,16,18-21,23,27,29-30,33-34,40,42H,2-4,6-8,14-15,17,22,38H2,1H3,(H,45,46)(H3,39,41,43). The van der Waals surface area contributed by atoms with Gasteiger partial charge in [-0.1, -0.05) is 62.6 Å². The molecule has 5 unspecified atom stereocenters. The summed E-state index contributed by atoms with van der Waals surface area (Å²) in [6, 6.07) is 14.3. The first-order valence-corrected chi connectivity index (χ1v) is 16.7. The molecule has 0 saturated carbocycles. The number of aliphatic carboxylic acids is 1. The molecular formula is C37H48N6O3. The van der Waals surface area contributed by atoms with Crippen molar-refractivity contribution in [1.82, 2.24) is 10.3 Å². The van der Waals surface area contributed by atoms with Gasteiger partial charge in [0.25, 0.3) is 0 Å². The van der Waals surface area contributed by atoms with Crippen molar-refractivity contribution in [2.24, 2.45) is 22.4 Å². The molecule has 244 valence electrons. The number of rotatable bonds is 16. The number of hydrogen-bond acceptors (Lipinski definition) is 7. The molecule has 9 nitrogen and oxygen atoms in total. The van der Waals surface area contributed by atoms with Crippen molar-refractivity contribution in [3.8, 4) is 0 Å². The number of aromatic amines is 1. The third-order valence-electron chi connectivity index (χ3n) is 9.44. The minimum Gasteiger partial charge on any atom is -0.478 e. The summed E-state index contributed by atoms with van der Waals surface area (Å²) in [6.07, 6.45) is 16.7. The quantitative estimate of drug-likeness (QED) is 0.0857. The van der Waals surface area contributed by atoms with E-state index < -0.39 is 5.97 Å². The minimum absolute atomic E-state index is 0.134. The number of fused-ring (bicyclic) bond motifs is 2. The van der Waals surface area contributed by atoms with Gasteiger partial charge in [-0.05, 0) is 95.2 Å². The fraction of sp³-hybridized carbons (Fsp3) is 0.432. The van der Waals surface area contributed by atoms with Crippen LogP contribution in [0.4, 0.5) is 5.82 Å². The largest absolute Gasteiger partial charge is 0.478 e. The molecule has 0 fully saturated rings. The second kappa shape index (κ2) is 15.8. The van der Waals surface area contributed by atoms with E-state index in [1.165, 1.54) is 17.2 Å². The smallest absolute Gasteiger partial charge is 0.328 e. The van der Waals surface area contributed by atoms with Crippen LogP contribution in [-0.4, -0.2) is 53.0 Å². The lowest BCUT2D eigenvalue weighted by molar-refractivity contribution is -0.131. The predicted octanol–water partition coefficient (Wildman–Crippen LogP) is 5.88. The van der Waals surface area contributed by atoms with Gasteiger partial charge < -0.3 is 37.0 Å². The van der Waals surface area contributed by atoms with E-state index in [-0.39, 0.29) is 30.0 Å². The molecule has 1 aliphatic carbocycles. The summed E-state index contributed by atoms with van der Waals surface area (Å²) < 4.78 is 0. The van der Waals surface area contributed by atoms with Crippen LogP contribution in [-0.2, 0) is 16.0 Å². The topological polar surface area (TPSA) is 159 Å². The van der Waals surface area contributed by atoms with Crippen molar-refractivity contribution in [2.45, 2.75) is 88.8 Å². The van der Waals surface area contributed by atoms with Gasteiger partial charge >= 0.3 is 5.97 Å². The number of nitrogens with one attached hydrogen (secondary N) is 3. The van der Waals surface area contributed by atoms with Crippen LogP contribution in [0.2, 0.25) is 0 Å². The summed E-state index contributed by atoms with van der Waals surface area (Å²) in [5, 5.41) is 19.1. The highest BCUT2D eigenvalue weighted by Crippen LogP contribution is 2.43. The number of allylic oxidation sites excluding steroid dienone is 1. The normalized spacial score (nSPS) is 20.8. The molecule has 8 N–H and O–H groups in total. The molecule has 1 aliphatic heterocycles. The molecule has 0 radical (unpaired) electrons. The van der Waals surface area contributed by atoms with E-state index in [0.29, 0.717) is 31.8 Å². The van der Waals surface area contributed by atoms with Gasteiger partial charge in [0.2, 0.25) is 0 Å². The Hall–Kier alpha value is -4.37. The number of guanidine groups is 1. The molecule has 0 bridgehead atoms. The van der Waals surface area contributed by atoms with Gasteiger partial charge in [-0.3, -0.25) is 4.99 Å². The third kappa shape index (κ3) is 8.46. The van der Waals surface area contributed by atoms with Crippen molar-refractivity contribution in [2.75, 3.05) is 11.9 Å². The molecule has 0 amide bonds. The van der Waals surface area contributed by atoms with E-state index in [2.05, 4.69) is 64.0 Å². The van der Waals surface area contributed by atoms with Gasteiger partial charge in [0.1, 0.15) is 12.1 Å². The van der Waals surface area contributed by atoms with Crippen molar-refractivity contribution >= 4 is 40.9 Å². The van der Waals surface area contributed by atoms with Gasteiger partial charge in [0.15, 0.2) is 5.96 Å². The number of carbonyl (C=O) groups is 2.